The summed E-state index contributed by atoms with van der Waals surface area (Å²) < 4.78 is 5.17. The molecule has 3 nitrogen and oxygen atoms in total. The second kappa shape index (κ2) is 9.54. The summed E-state index contributed by atoms with van der Waals surface area (Å²) in [5.41, 5.74) is 0. The third-order valence-corrected chi connectivity index (χ3v) is 5.70. The van der Waals surface area contributed by atoms with Crippen molar-refractivity contribution in [1.82, 2.24) is 4.90 Å². The number of likely N-dealkylation sites (tertiary alicyclic amines) is 1. The molecule has 22 heavy (non-hydrogen) atoms. The van der Waals surface area contributed by atoms with E-state index in [1.165, 1.54) is 64.5 Å². The van der Waals surface area contributed by atoms with E-state index in [4.69, 9.17) is 4.74 Å². The van der Waals surface area contributed by atoms with Crippen LogP contribution in [0.4, 0.5) is 0 Å². The molecule has 1 heterocycles. The van der Waals surface area contributed by atoms with Gasteiger partial charge >= 0.3 is 5.97 Å². The maximum Gasteiger partial charge on any atom is 0.308 e. The largest absolute Gasteiger partial charge is 0.466 e. The Labute approximate surface area is 136 Å². The molecular formula is C19H35NO2. The predicted octanol–water partition coefficient (Wildman–Crippen LogP) is 4.40. The fraction of sp³-hybridized carbons (Fsp3) is 0.947. The van der Waals surface area contributed by atoms with Gasteiger partial charge in [-0.25, -0.2) is 0 Å². The van der Waals surface area contributed by atoms with Gasteiger partial charge in [0.05, 0.1) is 12.5 Å². The average Bonchev–Trinajstić information content (AvgIpc) is 2.56. The fourth-order valence-corrected chi connectivity index (χ4v) is 4.23. The molecule has 2 aliphatic rings. The Hall–Kier alpha value is -0.570. The number of hydrogen-bond acceptors (Lipinski definition) is 3. The summed E-state index contributed by atoms with van der Waals surface area (Å²) in [5.74, 6) is 1.18. The summed E-state index contributed by atoms with van der Waals surface area (Å²) in [6, 6.07) is 0.724. The molecular weight excluding hydrogens is 274 g/mol. The Balaban J connectivity index is 1.65. The molecule has 0 aromatic rings. The monoisotopic (exact) mass is 309 g/mol. The van der Waals surface area contributed by atoms with Crippen molar-refractivity contribution in [2.24, 2.45) is 11.8 Å². The van der Waals surface area contributed by atoms with Crippen LogP contribution in [0.15, 0.2) is 0 Å². The number of carbonyl (C=O) groups excluding carboxylic acids is 1. The second-order valence-corrected chi connectivity index (χ2v) is 7.23. The summed E-state index contributed by atoms with van der Waals surface area (Å²) >= 11 is 0. The van der Waals surface area contributed by atoms with Crippen molar-refractivity contribution in [3.8, 4) is 0 Å². The van der Waals surface area contributed by atoms with Gasteiger partial charge in [-0.3, -0.25) is 4.79 Å². The van der Waals surface area contributed by atoms with Gasteiger partial charge < -0.3 is 9.64 Å². The molecule has 1 aliphatic heterocycles. The van der Waals surface area contributed by atoms with Crippen LogP contribution in [-0.2, 0) is 9.53 Å². The molecule has 2 fully saturated rings. The highest BCUT2D eigenvalue weighted by atomic mass is 16.5. The van der Waals surface area contributed by atoms with E-state index < -0.39 is 0 Å². The Kier molecular flexibility index (Phi) is 7.71. The molecule has 0 aromatic carbocycles. The van der Waals surface area contributed by atoms with Crippen LogP contribution < -0.4 is 0 Å². The number of hydrogen-bond donors (Lipinski definition) is 0. The summed E-state index contributed by atoms with van der Waals surface area (Å²) in [6.07, 6.45) is 12.8. The number of nitrogens with zero attached hydrogens (tertiary/aromatic N) is 1. The normalized spacial score (nSPS) is 27.7. The van der Waals surface area contributed by atoms with Gasteiger partial charge in [0, 0.05) is 6.04 Å². The first-order valence-electron chi connectivity index (χ1n) is 9.65. The number of carbonyl (C=O) groups is 1. The van der Waals surface area contributed by atoms with Crippen LogP contribution in [0.5, 0.6) is 0 Å². The topological polar surface area (TPSA) is 29.5 Å². The predicted molar refractivity (Wildman–Crippen MR) is 90.8 cm³/mol. The third kappa shape index (κ3) is 5.26. The minimum absolute atomic E-state index is 0.0376. The van der Waals surface area contributed by atoms with Crippen molar-refractivity contribution in [3.63, 3.8) is 0 Å². The Morgan fingerprint density at radius 2 is 1.68 bits per heavy atom. The van der Waals surface area contributed by atoms with Crippen molar-refractivity contribution >= 4 is 5.97 Å². The van der Waals surface area contributed by atoms with Gasteiger partial charge in [-0.15, -0.1) is 0 Å². The molecule has 0 spiro atoms. The fourth-order valence-electron chi connectivity index (χ4n) is 4.23. The Bertz CT molecular complexity index is 315. The standard InChI is InChI=1S/C19H35NO2/c1-3-5-6-7-16-12-14-20(15-13-16)18-10-8-17(9-11-18)19(21)22-4-2/h16-18H,3-15H2,1-2H3. The molecule has 3 heteroatoms. The number of esters is 1. The van der Waals surface area contributed by atoms with Crippen molar-refractivity contribution < 1.29 is 9.53 Å². The molecule has 0 bridgehead atoms. The summed E-state index contributed by atoms with van der Waals surface area (Å²) in [5, 5.41) is 0. The van der Waals surface area contributed by atoms with E-state index in [-0.39, 0.29) is 11.9 Å². The van der Waals surface area contributed by atoms with E-state index in [9.17, 15) is 4.79 Å². The lowest BCUT2D eigenvalue weighted by molar-refractivity contribution is -0.149. The highest BCUT2D eigenvalue weighted by molar-refractivity contribution is 5.72. The van der Waals surface area contributed by atoms with E-state index in [2.05, 4.69) is 11.8 Å². The molecule has 0 N–H and O–H groups in total. The molecule has 0 aromatic heterocycles. The first kappa shape index (κ1) is 17.8. The van der Waals surface area contributed by atoms with Gasteiger partial charge in [0.2, 0.25) is 0 Å². The Morgan fingerprint density at radius 1 is 1.00 bits per heavy atom. The summed E-state index contributed by atoms with van der Waals surface area (Å²) in [7, 11) is 0. The molecule has 0 atom stereocenters. The van der Waals surface area contributed by atoms with E-state index in [1.807, 2.05) is 6.92 Å². The molecule has 128 valence electrons. The first-order chi connectivity index (χ1) is 10.7. The highest BCUT2D eigenvalue weighted by Crippen LogP contribution is 2.32. The third-order valence-electron chi connectivity index (χ3n) is 5.70. The average molecular weight is 309 g/mol. The van der Waals surface area contributed by atoms with Crippen LogP contribution in [0.25, 0.3) is 0 Å². The van der Waals surface area contributed by atoms with E-state index in [1.54, 1.807) is 0 Å². The maximum absolute atomic E-state index is 11.8. The number of unbranched alkanes of at least 4 members (excludes halogenated alkanes) is 2. The first-order valence-corrected chi connectivity index (χ1v) is 9.65. The van der Waals surface area contributed by atoms with Crippen LogP contribution in [0.1, 0.15) is 78.1 Å². The maximum atomic E-state index is 11.8. The SMILES string of the molecule is CCCCCC1CCN(C2CCC(C(=O)OCC)CC2)CC1. The molecule has 0 unspecified atom stereocenters. The number of piperidine rings is 1. The van der Waals surface area contributed by atoms with Crippen molar-refractivity contribution in [3.05, 3.63) is 0 Å². The van der Waals surface area contributed by atoms with Gasteiger partial charge in [-0.05, 0) is 64.5 Å². The zero-order valence-electron chi connectivity index (χ0n) is 14.7. The van der Waals surface area contributed by atoms with Gasteiger partial charge in [0.15, 0.2) is 0 Å². The molecule has 0 amide bonds. The highest BCUT2D eigenvalue weighted by Gasteiger charge is 2.31. The lowest BCUT2D eigenvalue weighted by Gasteiger charge is -2.40. The zero-order valence-corrected chi connectivity index (χ0v) is 14.7. The van der Waals surface area contributed by atoms with E-state index >= 15 is 0 Å². The van der Waals surface area contributed by atoms with Crippen LogP contribution in [0.2, 0.25) is 0 Å². The smallest absolute Gasteiger partial charge is 0.308 e. The van der Waals surface area contributed by atoms with Crippen LogP contribution in [0, 0.1) is 11.8 Å². The van der Waals surface area contributed by atoms with Crippen LogP contribution in [-0.4, -0.2) is 36.6 Å². The number of rotatable bonds is 7. The summed E-state index contributed by atoms with van der Waals surface area (Å²) in [6.45, 7) is 7.27. The summed E-state index contributed by atoms with van der Waals surface area (Å²) in [4.78, 5) is 14.5. The lowest BCUT2D eigenvalue weighted by Crippen LogP contribution is -2.43. The second-order valence-electron chi connectivity index (χ2n) is 7.23. The molecule has 0 radical (unpaired) electrons. The van der Waals surface area contributed by atoms with Gasteiger partial charge in [0.1, 0.15) is 0 Å². The van der Waals surface area contributed by atoms with Crippen molar-refractivity contribution in [1.29, 1.82) is 0 Å². The minimum atomic E-state index is 0.0376. The molecule has 1 saturated carbocycles. The minimum Gasteiger partial charge on any atom is -0.466 e. The zero-order chi connectivity index (χ0) is 15.8. The van der Waals surface area contributed by atoms with Gasteiger partial charge in [0.25, 0.3) is 0 Å². The molecule has 2 rings (SSSR count). The Morgan fingerprint density at radius 3 is 2.27 bits per heavy atom. The molecule has 1 saturated heterocycles. The van der Waals surface area contributed by atoms with Crippen molar-refractivity contribution in [2.45, 2.75) is 84.1 Å². The van der Waals surface area contributed by atoms with E-state index in [0.717, 1.165) is 24.8 Å². The van der Waals surface area contributed by atoms with Gasteiger partial charge in [-0.2, -0.15) is 0 Å². The van der Waals surface area contributed by atoms with E-state index in [0.29, 0.717) is 6.61 Å². The van der Waals surface area contributed by atoms with Crippen LogP contribution >= 0.6 is 0 Å². The van der Waals surface area contributed by atoms with Crippen molar-refractivity contribution in [2.75, 3.05) is 19.7 Å². The quantitative estimate of drug-likeness (QED) is 0.515. The lowest BCUT2D eigenvalue weighted by atomic mass is 9.83. The molecule has 1 aliphatic carbocycles. The van der Waals surface area contributed by atoms with Gasteiger partial charge in [-0.1, -0.05) is 32.6 Å². The number of ether oxygens (including phenoxy) is 1. The van der Waals surface area contributed by atoms with Crippen LogP contribution in [0.3, 0.4) is 0 Å².